The first-order chi connectivity index (χ1) is 8.88. The summed E-state index contributed by atoms with van der Waals surface area (Å²) in [5.74, 6) is -2.70. The predicted molar refractivity (Wildman–Crippen MR) is 65.9 cm³/mol. The van der Waals surface area contributed by atoms with E-state index in [9.17, 15) is 14.4 Å². The number of hydrogen-bond acceptors (Lipinski definition) is 5. The minimum Gasteiger partial charge on any atom is -0.481 e. The summed E-state index contributed by atoms with van der Waals surface area (Å²) < 4.78 is 0. The smallest absolute Gasteiger partial charge is 0.326 e. The maximum absolute atomic E-state index is 11.4. The number of aryl methyl sites for hydroxylation is 1. The highest BCUT2D eigenvalue weighted by Crippen LogP contribution is 2.10. The van der Waals surface area contributed by atoms with Gasteiger partial charge in [-0.2, -0.15) is 0 Å². The monoisotopic (exact) mass is 287 g/mol. The molecule has 1 aromatic heterocycles. The topological polar surface area (TPSA) is 129 Å². The number of carbonyl (C=O) groups is 3. The molecular weight excluding hydrogens is 274 g/mol. The normalized spacial score (nSPS) is 11.6. The van der Waals surface area contributed by atoms with Crippen molar-refractivity contribution in [1.29, 1.82) is 0 Å². The molecule has 0 aliphatic rings. The molecule has 19 heavy (non-hydrogen) atoms. The molecule has 0 saturated heterocycles. The van der Waals surface area contributed by atoms with E-state index in [1.807, 2.05) is 6.92 Å². The molecule has 9 heteroatoms. The van der Waals surface area contributed by atoms with Gasteiger partial charge in [0, 0.05) is 11.1 Å². The summed E-state index contributed by atoms with van der Waals surface area (Å²) in [6.07, 6.45) is 0.975. The zero-order valence-corrected chi connectivity index (χ0v) is 10.9. The lowest BCUT2D eigenvalue weighted by Gasteiger charge is -2.12. The van der Waals surface area contributed by atoms with Gasteiger partial charge in [0.05, 0.1) is 13.0 Å². The van der Waals surface area contributed by atoms with Gasteiger partial charge < -0.3 is 20.8 Å². The SMILES string of the molecule is Cc1cnc(CNC(=O)NC(CC(=O)O)C(=O)O)s1. The van der Waals surface area contributed by atoms with E-state index in [1.54, 1.807) is 6.20 Å². The van der Waals surface area contributed by atoms with E-state index in [4.69, 9.17) is 10.2 Å². The number of nitrogens with one attached hydrogen (secondary N) is 2. The van der Waals surface area contributed by atoms with Gasteiger partial charge in [0.2, 0.25) is 0 Å². The number of rotatable bonds is 6. The van der Waals surface area contributed by atoms with E-state index in [0.29, 0.717) is 5.01 Å². The standard InChI is InChI=1S/C10H13N3O5S/c1-5-3-11-7(19-5)4-12-10(18)13-6(9(16)17)2-8(14)15/h3,6H,2,4H2,1H3,(H,14,15)(H,16,17)(H2,12,13,18). The molecule has 1 aromatic rings. The van der Waals surface area contributed by atoms with Gasteiger partial charge in [0.15, 0.2) is 0 Å². The van der Waals surface area contributed by atoms with Crippen LogP contribution < -0.4 is 10.6 Å². The van der Waals surface area contributed by atoms with Gasteiger partial charge in [-0.25, -0.2) is 14.6 Å². The van der Waals surface area contributed by atoms with Crippen molar-refractivity contribution >= 4 is 29.3 Å². The molecule has 4 N–H and O–H groups in total. The Hall–Kier alpha value is -2.16. The number of urea groups is 1. The number of aliphatic carboxylic acids is 2. The number of aromatic nitrogens is 1. The van der Waals surface area contributed by atoms with Crippen LogP contribution >= 0.6 is 11.3 Å². The minimum absolute atomic E-state index is 0.156. The Morgan fingerprint density at radius 3 is 2.58 bits per heavy atom. The maximum Gasteiger partial charge on any atom is 0.326 e. The molecule has 1 atom stereocenters. The first-order valence-corrected chi connectivity index (χ1v) is 6.10. The fraction of sp³-hybridized carbons (Fsp3) is 0.400. The second-order valence-corrected chi connectivity index (χ2v) is 5.00. The van der Waals surface area contributed by atoms with Crippen LogP contribution in [0.4, 0.5) is 4.79 Å². The molecule has 104 valence electrons. The highest BCUT2D eigenvalue weighted by molar-refractivity contribution is 7.11. The number of hydrogen-bond donors (Lipinski definition) is 4. The van der Waals surface area contributed by atoms with Crippen LogP contribution in [0.25, 0.3) is 0 Å². The average molecular weight is 287 g/mol. The molecule has 1 heterocycles. The van der Waals surface area contributed by atoms with E-state index in [0.717, 1.165) is 4.88 Å². The number of amides is 2. The number of carbonyl (C=O) groups excluding carboxylic acids is 1. The Morgan fingerprint density at radius 2 is 2.11 bits per heavy atom. The van der Waals surface area contributed by atoms with E-state index in [1.165, 1.54) is 11.3 Å². The largest absolute Gasteiger partial charge is 0.481 e. The van der Waals surface area contributed by atoms with Gasteiger partial charge in [-0.15, -0.1) is 11.3 Å². The van der Waals surface area contributed by atoms with Gasteiger partial charge in [0.25, 0.3) is 0 Å². The summed E-state index contributed by atoms with van der Waals surface area (Å²) >= 11 is 1.40. The van der Waals surface area contributed by atoms with Crippen LogP contribution in [0.2, 0.25) is 0 Å². The lowest BCUT2D eigenvalue weighted by molar-refractivity contribution is -0.145. The summed E-state index contributed by atoms with van der Waals surface area (Å²) in [7, 11) is 0. The fourth-order valence-electron chi connectivity index (χ4n) is 1.22. The third kappa shape index (κ3) is 5.34. The molecule has 0 spiro atoms. The fourth-order valence-corrected chi connectivity index (χ4v) is 1.95. The van der Waals surface area contributed by atoms with Crippen molar-refractivity contribution in [2.24, 2.45) is 0 Å². The first kappa shape index (κ1) is 14.9. The lowest BCUT2D eigenvalue weighted by Crippen LogP contribution is -2.46. The Balaban J connectivity index is 2.44. The molecule has 2 amide bonds. The lowest BCUT2D eigenvalue weighted by atomic mass is 10.2. The number of carboxylic acids is 2. The molecule has 8 nitrogen and oxygen atoms in total. The molecular formula is C10H13N3O5S. The molecule has 0 aromatic carbocycles. The van der Waals surface area contributed by atoms with Gasteiger partial charge in [0.1, 0.15) is 11.0 Å². The molecule has 0 saturated carbocycles. The molecule has 0 aliphatic carbocycles. The molecule has 1 rings (SSSR count). The van der Waals surface area contributed by atoms with Gasteiger partial charge in [-0.1, -0.05) is 0 Å². The van der Waals surface area contributed by atoms with Crippen LogP contribution in [-0.4, -0.2) is 39.2 Å². The first-order valence-electron chi connectivity index (χ1n) is 5.28. The highest BCUT2D eigenvalue weighted by atomic mass is 32.1. The van der Waals surface area contributed by atoms with Crippen molar-refractivity contribution in [2.45, 2.75) is 25.9 Å². The number of carboxylic acid groups (broad SMARTS) is 2. The summed E-state index contributed by atoms with van der Waals surface area (Å²) in [4.78, 5) is 37.6. The summed E-state index contributed by atoms with van der Waals surface area (Å²) in [6, 6.07) is -2.21. The summed E-state index contributed by atoms with van der Waals surface area (Å²) in [5.41, 5.74) is 0. The van der Waals surface area contributed by atoms with Crippen molar-refractivity contribution in [1.82, 2.24) is 15.6 Å². The van der Waals surface area contributed by atoms with Crippen LogP contribution in [0.15, 0.2) is 6.20 Å². The maximum atomic E-state index is 11.4. The number of thiazole rings is 1. The predicted octanol–water partition coefficient (Wildman–Crippen LogP) is 0.179. The number of nitrogens with zero attached hydrogens (tertiary/aromatic N) is 1. The zero-order valence-electron chi connectivity index (χ0n) is 10.0. The van der Waals surface area contributed by atoms with E-state index < -0.39 is 30.4 Å². The minimum atomic E-state index is -1.46. The average Bonchev–Trinajstić information content (AvgIpc) is 2.71. The van der Waals surface area contributed by atoms with Crippen molar-refractivity contribution in [3.8, 4) is 0 Å². The Kier molecular flexibility index (Phi) is 5.24. The molecule has 0 bridgehead atoms. The Morgan fingerprint density at radius 1 is 1.42 bits per heavy atom. The third-order valence-electron chi connectivity index (χ3n) is 2.05. The highest BCUT2D eigenvalue weighted by Gasteiger charge is 2.22. The molecule has 1 unspecified atom stereocenters. The zero-order chi connectivity index (χ0) is 14.4. The van der Waals surface area contributed by atoms with Crippen LogP contribution in [0, 0.1) is 6.92 Å². The quantitative estimate of drug-likeness (QED) is 0.590. The van der Waals surface area contributed by atoms with E-state index >= 15 is 0 Å². The third-order valence-corrected chi connectivity index (χ3v) is 2.96. The molecule has 0 aliphatic heterocycles. The second-order valence-electron chi connectivity index (χ2n) is 3.68. The van der Waals surface area contributed by atoms with Gasteiger partial charge >= 0.3 is 18.0 Å². The van der Waals surface area contributed by atoms with Crippen molar-refractivity contribution in [3.63, 3.8) is 0 Å². The van der Waals surface area contributed by atoms with E-state index in [-0.39, 0.29) is 6.54 Å². The Labute approximate surface area is 112 Å². The van der Waals surface area contributed by atoms with Crippen LogP contribution in [0.1, 0.15) is 16.3 Å². The van der Waals surface area contributed by atoms with Crippen LogP contribution in [0.5, 0.6) is 0 Å². The van der Waals surface area contributed by atoms with Crippen molar-refractivity contribution in [2.75, 3.05) is 0 Å². The van der Waals surface area contributed by atoms with Crippen LogP contribution in [0.3, 0.4) is 0 Å². The molecule has 0 radical (unpaired) electrons. The van der Waals surface area contributed by atoms with Crippen molar-refractivity contribution in [3.05, 3.63) is 16.1 Å². The summed E-state index contributed by atoms with van der Waals surface area (Å²) in [6.45, 7) is 2.03. The Bertz CT molecular complexity index is 487. The summed E-state index contributed by atoms with van der Waals surface area (Å²) in [5, 5.41) is 22.4. The van der Waals surface area contributed by atoms with Gasteiger partial charge in [-0.05, 0) is 6.92 Å². The van der Waals surface area contributed by atoms with E-state index in [2.05, 4.69) is 15.6 Å². The second kappa shape index (κ2) is 6.69. The van der Waals surface area contributed by atoms with Gasteiger partial charge in [-0.3, -0.25) is 4.79 Å². The molecule has 0 fully saturated rings. The van der Waals surface area contributed by atoms with Crippen LogP contribution in [-0.2, 0) is 16.1 Å². The van der Waals surface area contributed by atoms with Crippen molar-refractivity contribution < 1.29 is 24.6 Å².